The fourth-order valence-electron chi connectivity index (χ4n) is 7.83. The quantitative estimate of drug-likeness (QED) is 0.637. The van der Waals surface area contributed by atoms with Gasteiger partial charge in [0.2, 0.25) is 5.78 Å². The molecular weight excluding hydrogens is 400 g/mol. The number of rotatable bonds is 5. The molecule has 3 saturated carbocycles. The first-order valence-corrected chi connectivity index (χ1v) is 11.4. The summed E-state index contributed by atoms with van der Waals surface area (Å²) in [7, 11) is 1.39. The van der Waals surface area contributed by atoms with Crippen molar-refractivity contribution in [3.8, 4) is 0 Å². The number of ether oxygens (including phenoxy) is 2. The van der Waals surface area contributed by atoms with Crippen molar-refractivity contribution in [2.75, 3.05) is 20.3 Å². The molecule has 0 radical (unpaired) electrons. The van der Waals surface area contributed by atoms with Crippen molar-refractivity contribution in [2.24, 2.45) is 28.6 Å². The predicted octanol–water partition coefficient (Wildman–Crippen LogP) is 1.98. The Balaban J connectivity index is 1.73. The smallest absolute Gasteiger partial charge is 0.333 e. The van der Waals surface area contributed by atoms with Crippen LogP contribution >= 0.6 is 0 Å². The normalized spacial score (nSPS) is 44.0. The summed E-state index contributed by atoms with van der Waals surface area (Å²) in [5, 5.41) is 21.2. The van der Waals surface area contributed by atoms with E-state index in [1.54, 1.807) is 6.08 Å². The van der Waals surface area contributed by atoms with Crippen LogP contribution in [0.5, 0.6) is 0 Å². The topological polar surface area (TPSA) is 110 Å². The molecule has 0 aromatic heterocycles. The highest BCUT2D eigenvalue weighted by Crippen LogP contribution is 2.68. The first-order chi connectivity index (χ1) is 14.6. The molecule has 0 saturated heterocycles. The first-order valence-electron chi connectivity index (χ1n) is 11.4. The Hall–Kier alpha value is -1.57. The van der Waals surface area contributed by atoms with E-state index in [2.05, 4.69) is 6.92 Å². The van der Waals surface area contributed by atoms with Crippen molar-refractivity contribution in [2.45, 2.75) is 70.5 Å². The SMILES string of the molecule is COCC(=O)O[C@]1(C(=O)CO)CC[C@H]2[C@@H]3CCC4=CC(=O)CC[C@]4(C)[C@H]3C(O)C[C@@]21C. The van der Waals surface area contributed by atoms with Gasteiger partial charge in [0.15, 0.2) is 11.4 Å². The summed E-state index contributed by atoms with van der Waals surface area (Å²) >= 11 is 0. The van der Waals surface area contributed by atoms with Gasteiger partial charge in [0.05, 0.1) is 6.10 Å². The molecule has 0 aromatic rings. The van der Waals surface area contributed by atoms with Crippen LogP contribution in [0.3, 0.4) is 0 Å². The van der Waals surface area contributed by atoms with Crippen LogP contribution < -0.4 is 0 Å². The standard InChI is InChI=1S/C24H34O7/c1-22-8-6-15(26)10-14(22)4-5-16-17-7-9-24(19(28)12-25,31-20(29)13-30-3)23(17,2)11-18(27)21(16)22/h10,16-18,21,25,27H,4-9,11-13H2,1-3H3/t16-,17-,18?,21+,22-,23-,24-/m0/s1. The van der Waals surface area contributed by atoms with Gasteiger partial charge in [-0.2, -0.15) is 0 Å². The molecule has 0 bridgehead atoms. The first kappa shape index (κ1) is 22.6. The van der Waals surface area contributed by atoms with E-state index in [1.165, 1.54) is 7.11 Å². The fourth-order valence-corrected chi connectivity index (χ4v) is 7.83. The van der Waals surface area contributed by atoms with E-state index in [1.807, 2.05) is 6.92 Å². The van der Waals surface area contributed by atoms with Crippen molar-refractivity contribution in [1.29, 1.82) is 0 Å². The van der Waals surface area contributed by atoms with Crippen LogP contribution in [-0.4, -0.2) is 59.8 Å². The highest BCUT2D eigenvalue weighted by atomic mass is 16.6. The third-order valence-corrected chi connectivity index (χ3v) is 9.16. The number of carbonyl (C=O) groups excluding carboxylic acids is 3. The average molecular weight is 435 g/mol. The molecule has 1 unspecified atom stereocenters. The highest BCUT2D eigenvalue weighted by molar-refractivity contribution is 5.92. The van der Waals surface area contributed by atoms with Gasteiger partial charge < -0.3 is 19.7 Å². The van der Waals surface area contributed by atoms with Gasteiger partial charge in [0.25, 0.3) is 0 Å². The molecule has 7 atom stereocenters. The monoisotopic (exact) mass is 434 g/mol. The van der Waals surface area contributed by atoms with Crippen LogP contribution in [0.4, 0.5) is 0 Å². The molecule has 0 spiro atoms. The zero-order valence-electron chi connectivity index (χ0n) is 18.7. The minimum atomic E-state index is -1.45. The number of esters is 1. The number of fused-ring (bicyclic) bond motifs is 5. The van der Waals surface area contributed by atoms with Gasteiger partial charge in [-0.05, 0) is 67.8 Å². The van der Waals surface area contributed by atoms with Gasteiger partial charge in [0.1, 0.15) is 13.2 Å². The Morgan fingerprint density at radius 1 is 1.19 bits per heavy atom. The van der Waals surface area contributed by atoms with Crippen LogP contribution in [0.2, 0.25) is 0 Å². The van der Waals surface area contributed by atoms with Crippen LogP contribution in [0.15, 0.2) is 11.6 Å². The summed E-state index contributed by atoms with van der Waals surface area (Å²) in [4.78, 5) is 37.5. The second-order valence-electron chi connectivity index (χ2n) is 10.4. The summed E-state index contributed by atoms with van der Waals surface area (Å²) in [6.07, 6.45) is 5.36. The molecular formula is C24H34O7. The largest absolute Gasteiger partial charge is 0.449 e. The molecule has 0 heterocycles. The number of ketones is 2. The van der Waals surface area contributed by atoms with Crippen LogP contribution in [-0.2, 0) is 23.9 Å². The fraction of sp³-hybridized carbons (Fsp3) is 0.792. The zero-order valence-corrected chi connectivity index (χ0v) is 18.7. The highest BCUT2D eigenvalue weighted by Gasteiger charge is 2.70. The average Bonchev–Trinajstić information content (AvgIpc) is 3.00. The molecule has 4 aliphatic carbocycles. The summed E-state index contributed by atoms with van der Waals surface area (Å²) < 4.78 is 10.7. The van der Waals surface area contributed by atoms with Crippen molar-refractivity contribution >= 4 is 17.5 Å². The molecule has 3 fully saturated rings. The molecule has 4 aliphatic rings. The molecule has 0 amide bonds. The maximum atomic E-state index is 13.0. The molecule has 4 rings (SSSR count). The molecule has 0 aliphatic heterocycles. The minimum absolute atomic E-state index is 0.00776. The number of methoxy groups -OCH3 is 1. The lowest BCUT2D eigenvalue weighted by Gasteiger charge is -2.60. The van der Waals surface area contributed by atoms with Crippen molar-refractivity contribution in [1.82, 2.24) is 0 Å². The molecule has 172 valence electrons. The molecule has 7 heteroatoms. The van der Waals surface area contributed by atoms with E-state index in [9.17, 15) is 24.6 Å². The number of hydrogen-bond donors (Lipinski definition) is 2. The lowest BCUT2D eigenvalue weighted by atomic mass is 9.45. The number of Topliss-reactive ketones (excluding diaryl/α,β-unsaturated/α-hetero) is 1. The predicted molar refractivity (Wildman–Crippen MR) is 111 cm³/mol. The summed E-state index contributed by atoms with van der Waals surface area (Å²) in [6.45, 7) is 3.14. The van der Waals surface area contributed by atoms with E-state index >= 15 is 0 Å². The zero-order chi connectivity index (χ0) is 22.6. The Morgan fingerprint density at radius 3 is 2.61 bits per heavy atom. The lowest BCUT2D eigenvalue weighted by molar-refractivity contribution is -0.204. The van der Waals surface area contributed by atoms with Crippen molar-refractivity contribution in [3.63, 3.8) is 0 Å². The van der Waals surface area contributed by atoms with Crippen molar-refractivity contribution < 1.29 is 34.1 Å². The van der Waals surface area contributed by atoms with Gasteiger partial charge in [-0.15, -0.1) is 0 Å². The molecule has 2 N–H and O–H groups in total. The third-order valence-electron chi connectivity index (χ3n) is 9.16. The number of aliphatic hydroxyl groups excluding tert-OH is 2. The lowest BCUT2D eigenvalue weighted by Crippen LogP contribution is -2.63. The maximum Gasteiger partial charge on any atom is 0.333 e. The minimum Gasteiger partial charge on any atom is -0.449 e. The second-order valence-corrected chi connectivity index (χ2v) is 10.4. The van der Waals surface area contributed by atoms with Crippen LogP contribution in [0.25, 0.3) is 0 Å². The number of carbonyl (C=O) groups is 3. The van der Waals surface area contributed by atoms with Gasteiger partial charge in [-0.25, -0.2) is 4.79 Å². The number of aliphatic hydroxyl groups is 2. The van der Waals surface area contributed by atoms with Crippen LogP contribution in [0, 0.1) is 28.6 Å². The second kappa shape index (κ2) is 7.78. The Bertz CT molecular complexity index is 819. The summed E-state index contributed by atoms with van der Waals surface area (Å²) in [6, 6.07) is 0. The number of allylic oxidation sites excluding steroid dienone is 1. The summed E-state index contributed by atoms with van der Waals surface area (Å²) in [5.41, 5.74) is -1.29. The van der Waals surface area contributed by atoms with Gasteiger partial charge in [0, 0.05) is 18.9 Å². The summed E-state index contributed by atoms with van der Waals surface area (Å²) in [5.74, 6) is -0.706. The van der Waals surface area contributed by atoms with Crippen LogP contribution in [0.1, 0.15) is 58.8 Å². The Labute approximate surface area is 183 Å². The van der Waals surface area contributed by atoms with Gasteiger partial charge in [-0.1, -0.05) is 19.4 Å². The van der Waals surface area contributed by atoms with E-state index in [0.29, 0.717) is 25.7 Å². The maximum absolute atomic E-state index is 13.0. The molecule has 31 heavy (non-hydrogen) atoms. The van der Waals surface area contributed by atoms with E-state index in [0.717, 1.165) is 24.8 Å². The number of hydrogen-bond acceptors (Lipinski definition) is 7. The van der Waals surface area contributed by atoms with Crippen molar-refractivity contribution in [3.05, 3.63) is 11.6 Å². The van der Waals surface area contributed by atoms with Gasteiger partial charge in [-0.3, -0.25) is 9.59 Å². The molecule has 7 nitrogen and oxygen atoms in total. The Kier molecular flexibility index (Phi) is 5.68. The van der Waals surface area contributed by atoms with Gasteiger partial charge >= 0.3 is 5.97 Å². The Morgan fingerprint density at radius 2 is 1.94 bits per heavy atom. The van der Waals surface area contributed by atoms with E-state index < -0.39 is 35.5 Å². The van der Waals surface area contributed by atoms with E-state index in [-0.39, 0.29) is 35.6 Å². The van der Waals surface area contributed by atoms with E-state index in [4.69, 9.17) is 9.47 Å². The third kappa shape index (κ3) is 3.15. The molecule has 0 aromatic carbocycles.